The molecule has 1 aromatic rings. The first-order valence-corrected chi connectivity index (χ1v) is 7.90. The van der Waals surface area contributed by atoms with Gasteiger partial charge in [0.1, 0.15) is 6.10 Å². The summed E-state index contributed by atoms with van der Waals surface area (Å²) in [5, 5.41) is 5.24. The Kier molecular flexibility index (Phi) is 6.03. The highest BCUT2D eigenvalue weighted by atomic mass is 79.9. The second kappa shape index (κ2) is 7.80. The summed E-state index contributed by atoms with van der Waals surface area (Å²) in [6, 6.07) is 4.84. The van der Waals surface area contributed by atoms with E-state index in [2.05, 4.69) is 26.6 Å². The average molecular weight is 403 g/mol. The standard InChI is InChI=1S/C13H13BBrClN2O5/c1-7-13(21)23-14(22-7)6-18-11(19)5-17-12(20)9-4-8(15)2-3-10(9)16/h2-4,7H,5-6H2,1H3,(H,17,20)(H,18,19)/t7-/m0/s1. The molecule has 1 atom stereocenters. The van der Waals surface area contributed by atoms with Gasteiger partial charge in [-0.2, -0.15) is 0 Å². The van der Waals surface area contributed by atoms with E-state index in [0.717, 1.165) is 0 Å². The number of amides is 2. The maximum Gasteiger partial charge on any atom is 0.548 e. The van der Waals surface area contributed by atoms with Crippen molar-refractivity contribution in [2.75, 3.05) is 13.0 Å². The van der Waals surface area contributed by atoms with Gasteiger partial charge >= 0.3 is 13.1 Å². The summed E-state index contributed by atoms with van der Waals surface area (Å²) < 4.78 is 10.7. The van der Waals surface area contributed by atoms with Crippen molar-refractivity contribution < 1.29 is 23.7 Å². The summed E-state index contributed by atoms with van der Waals surface area (Å²) in [6.07, 6.45) is -0.627. The van der Waals surface area contributed by atoms with E-state index in [4.69, 9.17) is 20.9 Å². The molecule has 0 radical (unpaired) electrons. The van der Waals surface area contributed by atoms with Crippen LogP contribution in [0.5, 0.6) is 0 Å². The third kappa shape index (κ3) is 4.95. The van der Waals surface area contributed by atoms with Crippen LogP contribution in [0.25, 0.3) is 0 Å². The molecule has 2 rings (SSSR count). The molecule has 1 aliphatic heterocycles. The summed E-state index contributed by atoms with van der Waals surface area (Å²) in [6.45, 7) is 1.32. The first kappa shape index (κ1) is 17.8. The van der Waals surface area contributed by atoms with Gasteiger partial charge in [-0.3, -0.25) is 14.4 Å². The van der Waals surface area contributed by atoms with E-state index in [9.17, 15) is 14.4 Å². The molecule has 10 heteroatoms. The fourth-order valence-corrected chi connectivity index (χ4v) is 2.38. The maximum absolute atomic E-state index is 12.0. The summed E-state index contributed by atoms with van der Waals surface area (Å²) >= 11 is 9.18. The van der Waals surface area contributed by atoms with E-state index in [1.54, 1.807) is 25.1 Å². The predicted octanol–water partition coefficient (Wildman–Crippen LogP) is 0.938. The van der Waals surface area contributed by atoms with Crippen LogP contribution in [-0.2, 0) is 18.9 Å². The summed E-state index contributed by atoms with van der Waals surface area (Å²) in [7, 11) is -0.809. The third-order valence-corrected chi connectivity index (χ3v) is 3.81. The minimum absolute atomic E-state index is 0.0163. The fraction of sp³-hybridized carbons (Fsp3) is 0.308. The lowest BCUT2D eigenvalue weighted by Gasteiger charge is -2.09. The lowest BCUT2D eigenvalue weighted by atomic mass is 9.91. The number of hydrogen-bond acceptors (Lipinski definition) is 5. The van der Waals surface area contributed by atoms with Crippen LogP contribution >= 0.6 is 27.5 Å². The van der Waals surface area contributed by atoms with Gasteiger partial charge in [-0.15, -0.1) is 0 Å². The number of carbonyl (C=O) groups excluding carboxylic acids is 3. The lowest BCUT2D eigenvalue weighted by Crippen LogP contribution is -2.42. The third-order valence-electron chi connectivity index (χ3n) is 2.98. The Morgan fingerprint density at radius 1 is 1.39 bits per heavy atom. The van der Waals surface area contributed by atoms with Gasteiger partial charge in [-0.1, -0.05) is 27.5 Å². The zero-order valence-corrected chi connectivity index (χ0v) is 14.4. The van der Waals surface area contributed by atoms with Gasteiger partial charge in [0.2, 0.25) is 5.91 Å². The van der Waals surface area contributed by atoms with E-state index in [0.29, 0.717) is 4.47 Å². The Morgan fingerprint density at radius 2 is 2.13 bits per heavy atom. The highest BCUT2D eigenvalue weighted by molar-refractivity contribution is 9.10. The lowest BCUT2D eigenvalue weighted by molar-refractivity contribution is -0.135. The van der Waals surface area contributed by atoms with Crippen molar-refractivity contribution in [2.24, 2.45) is 0 Å². The molecule has 1 aromatic carbocycles. The van der Waals surface area contributed by atoms with E-state index in [1.807, 2.05) is 0 Å². The molecule has 23 heavy (non-hydrogen) atoms. The zero-order chi connectivity index (χ0) is 17.0. The Hall–Kier alpha value is -1.58. The highest BCUT2D eigenvalue weighted by Gasteiger charge is 2.37. The molecule has 2 amide bonds. The van der Waals surface area contributed by atoms with Gasteiger partial charge in [0.05, 0.1) is 23.6 Å². The fourth-order valence-electron chi connectivity index (χ4n) is 1.81. The van der Waals surface area contributed by atoms with Gasteiger partial charge in [-0.05, 0) is 25.1 Å². The highest BCUT2D eigenvalue weighted by Crippen LogP contribution is 2.20. The summed E-state index contributed by atoms with van der Waals surface area (Å²) in [5.41, 5.74) is 0.260. The molecule has 0 aliphatic carbocycles. The molecule has 1 fully saturated rings. The molecule has 1 saturated heterocycles. The summed E-state index contributed by atoms with van der Waals surface area (Å²) in [4.78, 5) is 34.8. The second-order valence-electron chi connectivity index (χ2n) is 4.76. The quantitative estimate of drug-likeness (QED) is 0.714. The van der Waals surface area contributed by atoms with Gasteiger partial charge < -0.3 is 19.9 Å². The molecule has 122 valence electrons. The van der Waals surface area contributed by atoms with E-state index >= 15 is 0 Å². The van der Waals surface area contributed by atoms with Crippen molar-refractivity contribution in [3.8, 4) is 0 Å². The maximum atomic E-state index is 12.0. The van der Waals surface area contributed by atoms with Crippen molar-refractivity contribution in [3.05, 3.63) is 33.3 Å². The average Bonchev–Trinajstić information content (AvgIpc) is 2.83. The molecule has 0 aromatic heterocycles. The van der Waals surface area contributed by atoms with Crippen molar-refractivity contribution in [2.45, 2.75) is 13.0 Å². The molecule has 2 N–H and O–H groups in total. The van der Waals surface area contributed by atoms with Gasteiger partial charge in [0.25, 0.3) is 5.91 Å². The largest absolute Gasteiger partial charge is 0.548 e. The Labute approximate surface area is 146 Å². The topological polar surface area (TPSA) is 93.7 Å². The van der Waals surface area contributed by atoms with Crippen molar-refractivity contribution in [1.29, 1.82) is 0 Å². The smallest absolute Gasteiger partial charge is 0.507 e. The SMILES string of the molecule is C[C@@H]1OB(CNC(=O)CNC(=O)c2cc(Br)ccc2Cl)OC1=O. The minimum Gasteiger partial charge on any atom is -0.507 e. The molecular formula is C13H13BBrClN2O5. The van der Waals surface area contributed by atoms with Crippen LogP contribution in [0.2, 0.25) is 5.02 Å². The molecule has 7 nitrogen and oxygen atoms in total. The van der Waals surface area contributed by atoms with Crippen LogP contribution in [0.15, 0.2) is 22.7 Å². The van der Waals surface area contributed by atoms with Crippen LogP contribution in [0, 0.1) is 0 Å². The van der Waals surface area contributed by atoms with E-state index in [1.165, 1.54) is 0 Å². The van der Waals surface area contributed by atoms with Crippen LogP contribution < -0.4 is 10.6 Å². The first-order chi connectivity index (χ1) is 10.9. The molecule has 1 heterocycles. The van der Waals surface area contributed by atoms with Crippen molar-refractivity contribution in [3.63, 3.8) is 0 Å². The predicted molar refractivity (Wildman–Crippen MR) is 86.9 cm³/mol. The second-order valence-corrected chi connectivity index (χ2v) is 6.08. The zero-order valence-electron chi connectivity index (χ0n) is 12.1. The molecule has 0 saturated carbocycles. The Balaban J connectivity index is 1.77. The number of benzene rings is 1. The molecule has 1 aliphatic rings. The Bertz CT molecular complexity index is 645. The summed E-state index contributed by atoms with van der Waals surface area (Å²) in [5.74, 6) is -1.38. The van der Waals surface area contributed by atoms with E-state index in [-0.39, 0.29) is 23.6 Å². The molecule has 0 unspecified atom stereocenters. The number of halogens is 2. The van der Waals surface area contributed by atoms with Gasteiger partial charge in [0.15, 0.2) is 0 Å². The number of rotatable bonds is 5. The monoisotopic (exact) mass is 402 g/mol. The molecule has 0 bridgehead atoms. The van der Waals surface area contributed by atoms with Gasteiger partial charge in [-0.25, -0.2) is 0 Å². The van der Waals surface area contributed by atoms with Crippen molar-refractivity contribution in [1.82, 2.24) is 10.6 Å². The van der Waals surface area contributed by atoms with Crippen LogP contribution in [0.3, 0.4) is 0 Å². The number of hydrogen-bond donors (Lipinski definition) is 2. The van der Waals surface area contributed by atoms with Crippen LogP contribution in [0.1, 0.15) is 17.3 Å². The number of nitrogens with one attached hydrogen (secondary N) is 2. The van der Waals surface area contributed by atoms with E-state index < -0.39 is 31.0 Å². The van der Waals surface area contributed by atoms with Crippen molar-refractivity contribution >= 4 is 52.4 Å². The first-order valence-electron chi connectivity index (χ1n) is 6.72. The van der Waals surface area contributed by atoms with Gasteiger partial charge in [0, 0.05) is 4.47 Å². The normalized spacial score (nSPS) is 16.9. The Morgan fingerprint density at radius 3 is 2.78 bits per heavy atom. The number of carbonyl (C=O) groups is 3. The molecule has 0 spiro atoms. The van der Waals surface area contributed by atoms with Crippen LogP contribution in [0.4, 0.5) is 0 Å². The molecular weight excluding hydrogens is 390 g/mol. The minimum atomic E-state index is -0.809. The van der Waals surface area contributed by atoms with Crippen LogP contribution in [-0.4, -0.2) is 44.0 Å².